The van der Waals surface area contributed by atoms with Crippen LogP contribution in [0.4, 0.5) is 11.4 Å². The second-order valence-corrected chi connectivity index (χ2v) is 4.71. The minimum absolute atomic E-state index is 0.250. The first-order valence-electron chi connectivity index (χ1n) is 6.90. The molecule has 1 heterocycles. The monoisotopic (exact) mass is 280 g/mol. The maximum atomic E-state index is 12.2. The van der Waals surface area contributed by atoms with Crippen LogP contribution in [-0.2, 0) is 0 Å². The van der Waals surface area contributed by atoms with E-state index in [-0.39, 0.29) is 5.91 Å². The molecule has 0 unspecified atom stereocenters. The van der Waals surface area contributed by atoms with Gasteiger partial charge in [-0.3, -0.25) is 4.79 Å². The van der Waals surface area contributed by atoms with Gasteiger partial charge in [-0.15, -0.1) is 0 Å². The van der Waals surface area contributed by atoms with Gasteiger partial charge in [0.2, 0.25) is 0 Å². The molecule has 21 heavy (non-hydrogen) atoms. The van der Waals surface area contributed by atoms with E-state index in [1.807, 2.05) is 55.5 Å². The molecule has 0 atom stereocenters. The number of anilines is 2. The lowest BCUT2D eigenvalue weighted by Gasteiger charge is -2.07. The minimum atomic E-state index is -0.250. The zero-order valence-electron chi connectivity index (χ0n) is 11.7. The number of furan rings is 1. The van der Waals surface area contributed by atoms with Crippen LogP contribution >= 0.6 is 0 Å². The second kappa shape index (κ2) is 5.71. The molecular weight excluding hydrogens is 264 g/mol. The average molecular weight is 280 g/mol. The topological polar surface area (TPSA) is 54.3 Å². The van der Waals surface area contributed by atoms with Crippen LogP contribution < -0.4 is 10.6 Å². The summed E-state index contributed by atoms with van der Waals surface area (Å²) in [6.07, 6.45) is 0. The van der Waals surface area contributed by atoms with Crippen LogP contribution in [-0.4, -0.2) is 12.5 Å². The molecule has 2 aromatic carbocycles. The van der Waals surface area contributed by atoms with Crippen molar-refractivity contribution in [3.63, 3.8) is 0 Å². The Labute approximate surface area is 122 Å². The molecule has 0 aliphatic heterocycles. The van der Waals surface area contributed by atoms with Crippen molar-refractivity contribution in [2.75, 3.05) is 17.2 Å². The Morgan fingerprint density at radius 3 is 2.67 bits per heavy atom. The molecule has 4 heteroatoms. The molecular formula is C17H16N2O2. The molecule has 0 aliphatic rings. The highest BCUT2D eigenvalue weighted by molar-refractivity contribution is 6.04. The van der Waals surface area contributed by atoms with Crippen molar-refractivity contribution in [2.45, 2.75) is 6.92 Å². The Morgan fingerprint density at radius 2 is 1.86 bits per heavy atom. The van der Waals surface area contributed by atoms with Crippen LogP contribution in [0.15, 0.2) is 59.0 Å². The van der Waals surface area contributed by atoms with Gasteiger partial charge in [-0.1, -0.05) is 24.3 Å². The van der Waals surface area contributed by atoms with E-state index in [0.717, 1.165) is 23.3 Å². The largest absolute Gasteiger partial charge is 0.451 e. The molecule has 0 fully saturated rings. The maximum absolute atomic E-state index is 12.2. The van der Waals surface area contributed by atoms with Crippen LogP contribution in [0.3, 0.4) is 0 Å². The van der Waals surface area contributed by atoms with E-state index >= 15 is 0 Å². The Balaban J connectivity index is 1.80. The zero-order chi connectivity index (χ0) is 14.7. The third-order valence-electron chi connectivity index (χ3n) is 3.15. The van der Waals surface area contributed by atoms with Gasteiger partial charge < -0.3 is 15.1 Å². The van der Waals surface area contributed by atoms with Crippen LogP contribution in [0.2, 0.25) is 0 Å². The Hall–Kier alpha value is -2.75. The van der Waals surface area contributed by atoms with Gasteiger partial charge in [0.05, 0.1) is 0 Å². The van der Waals surface area contributed by atoms with Gasteiger partial charge in [0.25, 0.3) is 5.91 Å². The molecule has 106 valence electrons. The number of para-hydroxylation sites is 1. The summed E-state index contributed by atoms with van der Waals surface area (Å²) in [7, 11) is 0. The molecule has 0 saturated heterocycles. The van der Waals surface area contributed by atoms with Crippen LogP contribution in [0.25, 0.3) is 11.0 Å². The molecule has 0 aliphatic carbocycles. The van der Waals surface area contributed by atoms with Crippen molar-refractivity contribution in [1.29, 1.82) is 0 Å². The number of carbonyl (C=O) groups is 1. The first-order valence-corrected chi connectivity index (χ1v) is 6.90. The first-order chi connectivity index (χ1) is 10.3. The maximum Gasteiger partial charge on any atom is 0.291 e. The van der Waals surface area contributed by atoms with E-state index in [0.29, 0.717) is 11.3 Å². The first kappa shape index (κ1) is 13.2. The third kappa shape index (κ3) is 2.89. The number of benzene rings is 2. The van der Waals surface area contributed by atoms with Crippen molar-refractivity contribution in [2.24, 2.45) is 0 Å². The molecule has 0 bridgehead atoms. The fraction of sp³-hybridized carbons (Fsp3) is 0.118. The van der Waals surface area contributed by atoms with E-state index in [1.54, 1.807) is 6.07 Å². The number of rotatable bonds is 4. The van der Waals surface area contributed by atoms with Gasteiger partial charge in [-0.2, -0.15) is 0 Å². The third-order valence-corrected chi connectivity index (χ3v) is 3.15. The normalized spacial score (nSPS) is 10.5. The molecule has 0 radical (unpaired) electrons. The predicted octanol–water partition coefficient (Wildman–Crippen LogP) is 4.12. The number of hydrogen-bond donors (Lipinski definition) is 2. The van der Waals surface area contributed by atoms with Crippen molar-refractivity contribution >= 4 is 28.3 Å². The number of fused-ring (bicyclic) bond motifs is 1. The van der Waals surface area contributed by atoms with E-state index in [2.05, 4.69) is 10.6 Å². The molecule has 1 amide bonds. The summed E-state index contributed by atoms with van der Waals surface area (Å²) in [5.41, 5.74) is 2.42. The fourth-order valence-electron chi connectivity index (χ4n) is 2.20. The SMILES string of the molecule is CCNc1cccc(NC(=O)c2cc3ccccc3o2)c1. The molecule has 1 aromatic heterocycles. The highest BCUT2D eigenvalue weighted by atomic mass is 16.3. The van der Waals surface area contributed by atoms with Gasteiger partial charge in [0.15, 0.2) is 5.76 Å². The fourth-order valence-corrected chi connectivity index (χ4v) is 2.20. The molecule has 4 nitrogen and oxygen atoms in total. The van der Waals surface area contributed by atoms with Crippen LogP contribution in [0.1, 0.15) is 17.5 Å². The molecule has 3 rings (SSSR count). The van der Waals surface area contributed by atoms with Crippen LogP contribution in [0, 0.1) is 0 Å². The van der Waals surface area contributed by atoms with Gasteiger partial charge in [0.1, 0.15) is 5.58 Å². The highest BCUT2D eigenvalue weighted by Crippen LogP contribution is 2.21. The minimum Gasteiger partial charge on any atom is -0.451 e. The van der Waals surface area contributed by atoms with Gasteiger partial charge in [0, 0.05) is 23.3 Å². The summed E-state index contributed by atoms with van der Waals surface area (Å²) in [5, 5.41) is 6.97. The number of amides is 1. The van der Waals surface area contributed by atoms with E-state index in [1.165, 1.54) is 0 Å². The summed E-state index contributed by atoms with van der Waals surface area (Å²) in [6, 6.07) is 16.9. The average Bonchev–Trinajstić information content (AvgIpc) is 2.92. The highest BCUT2D eigenvalue weighted by Gasteiger charge is 2.12. The summed E-state index contributed by atoms with van der Waals surface area (Å²) in [6.45, 7) is 2.86. The summed E-state index contributed by atoms with van der Waals surface area (Å²) in [4.78, 5) is 12.2. The van der Waals surface area contributed by atoms with E-state index in [9.17, 15) is 4.79 Å². The van der Waals surface area contributed by atoms with Crippen molar-refractivity contribution in [3.05, 3.63) is 60.4 Å². The second-order valence-electron chi connectivity index (χ2n) is 4.71. The predicted molar refractivity (Wildman–Crippen MR) is 84.8 cm³/mol. The molecule has 3 aromatic rings. The smallest absolute Gasteiger partial charge is 0.291 e. The molecule has 2 N–H and O–H groups in total. The lowest BCUT2D eigenvalue weighted by Crippen LogP contribution is -2.11. The number of nitrogens with one attached hydrogen (secondary N) is 2. The van der Waals surface area contributed by atoms with E-state index < -0.39 is 0 Å². The number of hydrogen-bond acceptors (Lipinski definition) is 3. The van der Waals surface area contributed by atoms with Crippen molar-refractivity contribution in [3.8, 4) is 0 Å². The Kier molecular flexibility index (Phi) is 3.60. The lowest BCUT2D eigenvalue weighted by molar-refractivity contribution is 0.0998. The molecule has 0 saturated carbocycles. The quantitative estimate of drug-likeness (QED) is 0.756. The lowest BCUT2D eigenvalue weighted by atomic mass is 10.2. The van der Waals surface area contributed by atoms with Crippen molar-refractivity contribution in [1.82, 2.24) is 0 Å². The van der Waals surface area contributed by atoms with Gasteiger partial charge in [-0.25, -0.2) is 0 Å². The zero-order valence-corrected chi connectivity index (χ0v) is 11.7. The summed E-state index contributed by atoms with van der Waals surface area (Å²) >= 11 is 0. The number of carbonyl (C=O) groups excluding carboxylic acids is 1. The Morgan fingerprint density at radius 1 is 1.05 bits per heavy atom. The van der Waals surface area contributed by atoms with E-state index in [4.69, 9.17) is 4.42 Å². The molecule has 0 spiro atoms. The summed E-state index contributed by atoms with van der Waals surface area (Å²) < 4.78 is 5.55. The van der Waals surface area contributed by atoms with Crippen molar-refractivity contribution < 1.29 is 9.21 Å². The van der Waals surface area contributed by atoms with Gasteiger partial charge >= 0.3 is 0 Å². The standard InChI is InChI=1S/C17H16N2O2/c1-2-18-13-7-5-8-14(11-13)19-17(20)16-10-12-6-3-4-9-15(12)21-16/h3-11,18H,2H2,1H3,(H,19,20). The van der Waals surface area contributed by atoms with Crippen LogP contribution in [0.5, 0.6) is 0 Å². The Bertz CT molecular complexity index is 744. The van der Waals surface area contributed by atoms with Gasteiger partial charge in [-0.05, 0) is 37.3 Å². The summed E-state index contributed by atoms with van der Waals surface area (Å²) in [5.74, 6) is 0.0601.